The molecule has 5 nitrogen and oxygen atoms in total. The smallest absolute Gasteiger partial charge is 0.137 e. The van der Waals surface area contributed by atoms with Crippen LogP contribution in [0.25, 0.3) is 21.7 Å². The van der Waals surface area contributed by atoms with Gasteiger partial charge in [0.25, 0.3) is 0 Å². The first-order chi connectivity index (χ1) is 12.3. The van der Waals surface area contributed by atoms with Crippen LogP contribution < -0.4 is 10.6 Å². The highest BCUT2D eigenvalue weighted by molar-refractivity contribution is 6.10. The lowest BCUT2D eigenvalue weighted by atomic mass is 10.0. The van der Waals surface area contributed by atoms with Gasteiger partial charge in [0, 0.05) is 48.2 Å². The van der Waals surface area contributed by atoms with Crippen molar-refractivity contribution in [2.75, 3.05) is 31.1 Å². The molecule has 0 radical (unpaired) electrons. The van der Waals surface area contributed by atoms with Gasteiger partial charge in [0.2, 0.25) is 0 Å². The normalized spacial score (nSPS) is 15.0. The fourth-order valence-electron chi connectivity index (χ4n) is 3.39. The second-order valence-electron chi connectivity index (χ2n) is 6.77. The summed E-state index contributed by atoms with van der Waals surface area (Å²) in [5, 5.41) is 3.48. The average molecular weight is 336 g/mol. The van der Waals surface area contributed by atoms with Crippen LogP contribution in [0.1, 0.15) is 18.4 Å². The largest absolute Gasteiger partial charge is 0.375 e. The molecule has 130 valence electrons. The van der Waals surface area contributed by atoms with Gasteiger partial charge >= 0.3 is 0 Å². The van der Waals surface area contributed by atoms with Gasteiger partial charge in [0.15, 0.2) is 0 Å². The molecule has 0 amide bonds. The van der Waals surface area contributed by atoms with E-state index in [1.807, 2.05) is 12.4 Å². The molecule has 0 bridgehead atoms. The van der Waals surface area contributed by atoms with Gasteiger partial charge in [-0.25, -0.2) is 4.98 Å². The first kappa shape index (κ1) is 16.2. The number of pyridine rings is 2. The zero-order chi connectivity index (χ0) is 17.2. The van der Waals surface area contributed by atoms with Crippen LogP contribution in [0, 0.1) is 6.92 Å². The van der Waals surface area contributed by atoms with Crippen molar-refractivity contribution in [2.24, 2.45) is 5.73 Å². The SMILES string of the molecule is Cc1ccc2c(c1)nc(N1CC(OCCCCN)C1)c1ccncc12. The number of hydrogen-bond acceptors (Lipinski definition) is 5. The van der Waals surface area contributed by atoms with Crippen LogP contribution in [0.15, 0.2) is 36.7 Å². The quantitative estimate of drug-likeness (QED) is 0.554. The van der Waals surface area contributed by atoms with E-state index in [4.69, 9.17) is 15.5 Å². The number of anilines is 1. The van der Waals surface area contributed by atoms with E-state index in [-0.39, 0.29) is 0 Å². The third kappa shape index (κ3) is 3.17. The molecular formula is C20H24N4O. The van der Waals surface area contributed by atoms with Crippen molar-refractivity contribution >= 4 is 27.5 Å². The molecule has 1 fully saturated rings. The molecule has 2 aromatic heterocycles. The van der Waals surface area contributed by atoms with Crippen molar-refractivity contribution in [2.45, 2.75) is 25.9 Å². The summed E-state index contributed by atoms with van der Waals surface area (Å²) in [6, 6.07) is 8.48. The van der Waals surface area contributed by atoms with E-state index in [0.717, 1.165) is 66.6 Å². The number of benzene rings is 1. The van der Waals surface area contributed by atoms with E-state index in [2.05, 4.69) is 41.1 Å². The van der Waals surface area contributed by atoms with Crippen molar-refractivity contribution in [1.82, 2.24) is 9.97 Å². The monoisotopic (exact) mass is 336 g/mol. The summed E-state index contributed by atoms with van der Waals surface area (Å²) in [4.78, 5) is 11.6. The molecule has 0 atom stereocenters. The fraction of sp³-hybridized carbons (Fsp3) is 0.400. The number of hydrogen-bond donors (Lipinski definition) is 1. The topological polar surface area (TPSA) is 64.3 Å². The maximum atomic E-state index is 5.91. The van der Waals surface area contributed by atoms with Crippen LogP contribution in [0.2, 0.25) is 0 Å². The molecule has 0 aliphatic carbocycles. The Balaban J connectivity index is 1.59. The Morgan fingerprint density at radius 2 is 2.04 bits per heavy atom. The number of rotatable bonds is 6. The molecule has 2 N–H and O–H groups in total. The molecule has 4 rings (SSSR count). The molecule has 1 aromatic carbocycles. The van der Waals surface area contributed by atoms with Crippen molar-refractivity contribution in [1.29, 1.82) is 0 Å². The minimum absolute atomic E-state index is 0.296. The Hall–Kier alpha value is -2.24. The van der Waals surface area contributed by atoms with E-state index in [9.17, 15) is 0 Å². The Kier molecular flexibility index (Phi) is 4.51. The van der Waals surface area contributed by atoms with Gasteiger partial charge in [0.05, 0.1) is 11.6 Å². The first-order valence-corrected chi connectivity index (χ1v) is 8.97. The maximum Gasteiger partial charge on any atom is 0.137 e. The van der Waals surface area contributed by atoms with Crippen LogP contribution >= 0.6 is 0 Å². The summed E-state index contributed by atoms with van der Waals surface area (Å²) >= 11 is 0. The third-order valence-corrected chi connectivity index (χ3v) is 4.83. The predicted molar refractivity (Wildman–Crippen MR) is 102 cm³/mol. The highest BCUT2D eigenvalue weighted by Gasteiger charge is 2.29. The number of nitrogens with two attached hydrogens (primary N) is 1. The second-order valence-corrected chi connectivity index (χ2v) is 6.77. The van der Waals surface area contributed by atoms with Gasteiger partial charge in [-0.2, -0.15) is 0 Å². The summed E-state index contributed by atoms with van der Waals surface area (Å²) in [6.07, 6.45) is 6.14. The van der Waals surface area contributed by atoms with Gasteiger partial charge in [-0.05, 0) is 44.0 Å². The molecule has 0 saturated carbocycles. The minimum Gasteiger partial charge on any atom is -0.375 e. The molecule has 3 aromatic rings. The standard InChI is InChI=1S/C20H24N4O/c1-14-4-5-16-18-11-22-8-6-17(18)20(23-19(16)10-14)24-12-15(13-24)25-9-3-2-7-21/h4-6,8,10-11,15H,2-3,7,9,12-13,21H2,1H3. The zero-order valence-electron chi connectivity index (χ0n) is 14.6. The van der Waals surface area contributed by atoms with Gasteiger partial charge < -0.3 is 15.4 Å². The zero-order valence-corrected chi connectivity index (χ0v) is 14.6. The summed E-state index contributed by atoms with van der Waals surface area (Å²) < 4.78 is 5.91. The van der Waals surface area contributed by atoms with Crippen molar-refractivity contribution < 1.29 is 4.74 Å². The molecule has 3 heterocycles. The van der Waals surface area contributed by atoms with Crippen LogP contribution in [0.4, 0.5) is 5.82 Å². The lowest BCUT2D eigenvalue weighted by Crippen LogP contribution is -2.52. The first-order valence-electron chi connectivity index (χ1n) is 8.97. The number of nitrogens with zero attached hydrogens (tertiary/aromatic N) is 3. The summed E-state index contributed by atoms with van der Waals surface area (Å²) in [5.74, 6) is 1.04. The second kappa shape index (κ2) is 6.94. The lowest BCUT2D eigenvalue weighted by Gasteiger charge is -2.40. The van der Waals surface area contributed by atoms with E-state index in [1.54, 1.807) is 0 Å². The van der Waals surface area contributed by atoms with Crippen molar-refractivity contribution in [3.8, 4) is 0 Å². The van der Waals surface area contributed by atoms with E-state index in [0.29, 0.717) is 6.10 Å². The van der Waals surface area contributed by atoms with E-state index in [1.165, 1.54) is 5.56 Å². The van der Waals surface area contributed by atoms with Crippen LogP contribution in [0.3, 0.4) is 0 Å². The summed E-state index contributed by atoms with van der Waals surface area (Å²) in [5.41, 5.74) is 7.77. The van der Waals surface area contributed by atoms with E-state index < -0.39 is 0 Å². The molecule has 1 aliphatic rings. The molecule has 0 unspecified atom stereocenters. The minimum atomic E-state index is 0.296. The third-order valence-electron chi connectivity index (χ3n) is 4.83. The summed E-state index contributed by atoms with van der Waals surface area (Å²) in [6.45, 7) is 5.42. The van der Waals surface area contributed by atoms with Gasteiger partial charge in [-0.15, -0.1) is 0 Å². The van der Waals surface area contributed by atoms with Crippen molar-refractivity contribution in [3.63, 3.8) is 0 Å². The number of fused-ring (bicyclic) bond motifs is 3. The van der Waals surface area contributed by atoms with Crippen LogP contribution in [-0.2, 0) is 4.74 Å². The Morgan fingerprint density at radius 3 is 2.88 bits per heavy atom. The molecule has 5 heteroatoms. The van der Waals surface area contributed by atoms with Gasteiger partial charge in [-0.3, -0.25) is 4.98 Å². The fourth-order valence-corrected chi connectivity index (χ4v) is 3.39. The maximum absolute atomic E-state index is 5.91. The van der Waals surface area contributed by atoms with Gasteiger partial charge in [0.1, 0.15) is 5.82 Å². The lowest BCUT2D eigenvalue weighted by molar-refractivity contribution is 0.0323. The molecular weight excluding hydrogens is 312 g/mol. The molecule has 0 spiro atoms. The van der Waals surface area contributed by atoms with Gasteiger partial charge in [-0.1, -0.05) is 12.1 Å². The Bertz CT molecular complexity index is 889. The number of aryl methyl sites for hydroxylation is 1. The predicted octanol–water partition coefficient (Wildman–Crippen LogP) is 3.04. The molecule has 1 saturated heterocycles. The van der Waals surface area contributed by atoms with Crippen molar-refractivity contribution in [3.05, 3.63) is 42.2 Å². The Morgan fingerprint density at radius 1 is 1.16 bits per heavy atom. The molecule has 1 aliphatic heterocycles. The highest BCUT2D eigenvalue weighted by atomic mass is 16.5. The number of ether oxygens (including phenoxy) is 1. The Labute approximate surface area is 147 Å². The number of unbranched alkanes of at least 4 members (excludes halogenated alkanes) is 1. The molecule has 25 heavy (non-hydrogen) atoms. The summed E-state index contributed by atoms with van der Waals surface area (Å²) in [7, 11) is 0. The average Bonchev–Trinajstić information content (AvgIpc) is 2.59. The van der Waals surface area contributed by atoms with E-state index >= 15 is 0 Å². The van der Waals surface area contributed by atoms with Crippen LogP contribution in [-0.4, -0.2) is 42.3 Å². The van der Waals surface area contributed by atoms with Crippen LogP contribution in [0.5, 0.6) is 0 Å². The number of aromatic nitrogens is 2. The highest BCUT2D eigenvalue weighted by Crippen LogP contribution is 2.33.